The molecule has 3 heteroatoms. The fourth-order valence-electron chi connectivity index (χ4n) is 1.82. The molecule has 1 aliphatic heterocycles. The molecule has 15 heavy (non-hydrogen) atoms. The van der Waals surface area contributed by atoms with Gasteiger partial charge in [-0.2, -0.15) is 0 Å². The zero-order valence-corrected chi connectivity index (χ0v) is 9.16. The number of hydrogen-bond donors (Lipinski definition) is 0. The van der Waals surface area contributed by atoms with Gasteiger partial charge in [0.1, 0.15) is 5.60 Å². The molecule has 1 spiro atoms. The Labute approximate surface area is 90.0 Å². The van der Waals surface area contributed by atoms with Gasteiger partial charge in [-0.3, -0.25) is 0 Å². The molecule has 1 saturated heterocycles. The van der Waals surface area contributed by atoms with Crippen molar-refractivity contribution < 1.29 is 14.2 Å². The van der Waals surface area contributed by atoms with Crippen LogP contribution in [0.25, 0.3) is 0 Å². The van der Waals surface area contributed by atoms with Gasteiger partial charge in [0.2, 0.25) is 5.79 Å². The molecule has 0 radical (unpaired) electrons. The normalized spacial score (nSPS) is 26.0. The highest BCUT2D eigenvalue weighted by Gasteiger charge is 2.38. The van der Waals surface area contributed by atoms with Crippen molar-refractivity contribution in [2.75, 3.05) is 20.3 Å². The lowest BCUT2D eigenvalue weighted by molar-refractivity contribution is -0.0788. The van der Waals surface area contributed by atoms with E-state index in [-0.39, 0.29) is 0 Å². The van der Waals surface area contributed by atoms with Crippen LogP contribution in [0.3, 0.4) is 0 Å². The molecule has 82 valence electrons. The molecule has 0 aromatic heterocycles. The Balaban J connectivity index is 2.24. The van der Waals surface area contributed by atoms with E-state index in [4.69, 9.17) is 14.2 Å². The molecule has 2 rings (SSSR count). The van der Waals surface area contributed by atoms with Gasteiger partial charge in [-0.15, -0.1) is 0 Å². The van der Waals surface area contributed by atoms with Crippen LogP contribution in [-0.4, -0.2) is 31.7 Å². The first-order valence-corrected chi connectivity index (χ1v) is 5.02. The molecular weight excluding hydrogens is 192 g/mol. The van der Waals surface area contributed by atoms with Crippen LogP contribution < -0.4 is 0 Å². The smallest absolute Gasteiger partial charge is 0.208 e. The van der Waals surface area contributed by atoms with Crippen molar-refractivity contribution in [3.8, 4) is 0 Å². The maximum Gasteiger partial charge on any atom is 0.208 e. The molecule has 1 heterocycles. The van der Waals surface area contributed by atoms with Gasteiger partial charge in [0.05, 0.1) is 13.2 Å². The maximum atomic E-state index is 5.52. The monoisotopic (exact) mass is 208 g/mol. The Morgan fingerprint density at radius 3 is 2.13 bits per heavy atom. The minimum Gasteiger partial charge on any atom is -0.366 e. The standard InChI is InChI=1S/C12H16O3/c1-10(2)11(13-3)4-6-12(7-5-11)14-8-9-15-12/h4-7H,1,8-9H2,2-3H3. The van der Waals surface area contributed by atoms with Gasteiger partial charge in [-0.25, -0.2) is 0 Å². The molecule has 0 amide bonds. The van der Waals surface area contributed by atoms with Crippen molar-refractivity contribution in [2.24, 2.45) is 0 Å². The van der Waals surface area contributed by atoms with E-state index in [1.165, 1.54) is 0 Å². The summed E-state index contributed by atoms with van der Waals surface area (Å²) in [4.78, 5) is 0. The van der Waals surface area contributed by atoms with E-state index in [0.717, 1.165) is 5.57 Å². The zero-order chi connectivity index (χ0) is 10.9. The quantitative estimate of drug-likeness (QED) is 0.648. The average Bonchev–Trinajstić information content (AvgIpc) is 2.68. The molecule has 0 saturated carbocycles. The summed E-state index contributed by atoms with van der Waals surface area (Å²) >= 11 is 0. The zero-order valence-electron chi connectivity index (χ0n) is 9.16. The van der Waals surface area contributed by atoms with Gasteiger partial charge in [-0.05, 0) is 36.8 Å². The van der Waals surface area contributed by atoms with Crippen molar-refractivity contribution in [3.63, 3.8) is 0 Å². The third-order valence-electron chi connectivity index (χ3n) is 2.87. The third kappa shape index (κ3) is 1.67. The topological polar surface area (TPSA) is 27.7 Å². The summed E-state index contributed by atoms with van der Waals surface area (Å²) in [5.41, 5.74) is 0.422. The molecule has 2 aliphatic rings. The van der Waals surface area contributed by atoms with Crippen LogP contribution in [0.1, 0.15) is 6.92 Å². The Bertz CT molecular complexity index is 306. The summed E-state index contributed by atoms with van der Waals surface area (Å²) in [7, 11) is 1.66. The first kappa shape index (κ1) is 10.6. The fourth-order valence-corrected chi connectivity index (χ4v) is 1.82. The van der Waals surface area contributed by atoms with E-state index in [1.54, 1.807) is 7.11 Å². The molecule has 0 aromatic rings. The average molecular weight is 208 g/mol. The minimum atomic E-state index is -0.669. The highest BCUT2D eigenvalue weighted by Crippen LogP contribution is 2.33. The lowest BCUT2D eigenvalue weighted by atomic mass is 9.89. The van der Waals surface area contributed by atoms with Gasteiger partial charge in [-0.1, -0.05) is 6.58 Å². The minimum absolute atomic E-state index is 0.513. The van der Waals surface area contributed by atoms with Crippen LogP contribution in [0.5, 0.6) is 0 Å². The van der Waals surface area contributed by atoms with Crippen LogP contribution in [0.2, 0.25) is 0 Å². The molecular formula is C12H16O3. The summed E-state index contributed by atoms with van der Waals surface area (Å²) < 4.78 is 16.5. The molecule has 0 aromatic carbocycles. The Morgan fingerprint density at radius 2 is 1.73 bits per heavy atom. The van der Waals surface area contributed by atoms with Crippen molar-refractivity contribution in [2.45, 2.75) is 18.3 Å². The molecule has 3 nitrogen and oxygen atoms in total. The second-order valence-corrected chi connectivity index (χ2v) is 3.86. The van der Waals surface area contributed by atoms with E-state index in [0.29, 0.717) is 13.2 Å². The first-order chi connectivity index (χ1) is 7.13. The van der Waals surface area contributed by atoms with Crippen molar-refractivity contribution in [1.82, 2.24) is 0 Å². The highest BCUT2D eigenvalue weighted by molar-refractivity contribution is 5.37. The van der Waals surface area contributed by atoms with E-state index in [9.17, 15) is 0 Å². The summed E-state index contributed by atoms with van der Waals surface area (Å²) in [6.07, 6.45) is 7.64. The summed E-state index contributed by atoms with van der Waals surface area (Å²) in [5, 5.41) is 0. The van der Waals surface area contributed by atoms with Gasteiger partial charge in [0, 0.05) is 7.11 Å². The second-order valence-electron chi connectivity index (χ2n) is 3.86. The SMILES string of the molecule is C=C(C)C1(OC)C=CC2(C=C1)OCCO2. The summed E-state index contributed by atoms with van der Waals surface area (Å²) in [6, 6.07) is 0. The number of hydrogen-bond acceptors (Lipinski definition) is 3. The van der Waals surface area contributed by atoms with Gasteiger partial charge >= 0.3 is 0 Å². The number of methoxy groups -OCH3 is 1. The van der Waals surface area contributed by atoms with Crippen LogP contribution in [0.15, 0.2) is 36.5 Å². The van der Waals surface area contributed by atoms with E-state index >= 15 is 0 Å². The fraction of sp³-hybridized carbons (Fsp3) is 0.500. The summed E-state index contributed by atoms with van der Waals surface area (Å²) in [6.45, 7) is 7.12. The predicted octanol–water partition coefficient (Wildman–Crippen LogP) is 1.82. The van der Waals surface area contributed by atoms with Gasteiger partial charge in [0.25, 0.3) is 0 Å². The van der Waals surface area contributed by atoms with Crippen molar-refractivity contribution in [1.29, 1.82) is 0 Å². The molecule has 0 atom stereocenters. The molecule has 0 bridgehead atoms. The third-order valence-corrected chi connectivity index (χ3v) is 2.87. The lowest BCUT2D eigenvalue weighted by Gasteiger charge is -2.33. The number of ether oxygens (including phenoxy) is 3. The Morgan fingerprint density at radius 1 is 1.20 bits per heavy atom. The number of rotatable bonds is 2. The summed E-state index contributed by atoms with van der Waals surface area (Å²) in [5.74, 6) is -0.669. The lowest BCUT2D eigenvalue weighted by Crippen LogP contribution is -2.36. The predicted molar refractivity (Wildman–Crippen MR) is 57.5 cm³/mol. The molecule has 0 unspecified atom stereocenters. The van der Waals surface area contributed by atoms with Crippen molar-refractivity contribution in [3.05, 3.63) is 36.5 Å². The van der Waals surface area contributed by atoms with E-state index < -0.39 is 11.4 Å². The first-order valence-electron chi connectivity index (χ1n) is 5.02. The second kappa shape index (κ2) is 3.59. The van der Waals surface area contributed by atoms with Crippen LogP contribution in [0, 0.1) is 0 Å². The van der Waals surface area contributed by atoms with Crippen molar-refractivity contribution >= 4 is 0 Å². The Hall–Kier alpha value is -0.900. The van der Waals surface area contributed by atoms with Crippen LogP contribution >= 0.6 is 0 Å². The Kier molecular flexibility index (Phi) is 2.54. The highest BCUT2D eigenvalue weighted by atomic mass is 16.7. The van der Waals surface area contributed by atoms with E-state index in [2.05, 4.69) is 6.58 Å². The molecule has 1 aliphatic carbocycles. The maximum absolute atomic E-state index is 5.52. The largest absolute Gasteiger partial charge is 0.366 e. The van der Waals surface area contributed by atoms with Crippen LogP contribution in [0.4, 0.5) is 0 Å². The van der Waals surface area contributed by atoms with Gasteiger partial charge in [0.15, 0.2) is 0 Å². The molecule has 0 N–H and O–H groups in total. The van der Waals surface area contributed by atoms with Gasteiger partial charge < -0.3 is 14.2 Å². The van der Waals surface area contributed by atoms with E-state index in [1.807, 2.05) is 31.2 Å². The molecule has 1 fully saturated rings. The van der Waals surface area contributed by atoms with Crippen LogP contribution in [-0.2, 0) is 14.2 Å².